The number of rotatable bonds is 11. The van der Waals surface area contributed by atoms with Gasteiger partial charge in [-0.25, -0.2) is 4.79 Å². The fourth-order valence-corrected chi connectivity index (χ4v) is 6.12. The topological polar surface area (TPSA) is 88.5 Å². The molecule has 2 fully saturated rings. The predicted octanol–water partition coefficient (Wildman–Crippen LogP) is 6.11. The number of carbonyl (C=O) groups excluding carboxylic acids is 1. The lowest BCUT2D eigenvalue weighted by Crippen LogP contribution is -2.38. The highest BCUT2D eigenvalue weighted by Gasteiger charge is 2.32. The zero-order valence-electron chi connectivity index (χ0n) is 23.9. The van der Waals surface area contributed by atoms with Gasteiger partial charge < -0.3 is 19.3 Å². The molecule has 2 heterocycles. The van der Waals surface area contributed by atoms with E-state index in [1.54, 1.807) is 24.3 Å². The van der Waals surface area contributed by atoms with Gasteiger partial charge in [-0.05, 0) is 65.6 Å². The maximum Gasteiger partial charge on any atom is 0.573 e. The van der Waals surface area contributed by atoms with Crippen molar-refractivity contribution in [1.29, 1.82) is 0 Å². The minimum Gasteiger partial charge on any atom is -0.492 e. The number of carbonyl (C=O) groups is 2. The second-order valence-electron chi connectivity index (χ2n) is 10.2. The average molecular weight is 659 g/mol. The van der Waals surface area contributed by atoms with E-state index in [9.17, 15) is 22.8 Å². The van der Waals surface area contributed by atoms with Crippen molar-refractivity contribution in [2.75, 3.05) is 46.0 Å². The zero-order valence-corrected chi connectivity index (χ0v) is 25.6. The third-order valence-electron chi connectivity index (χ3n) is 7.18. The Hall–Kier alpha value is -3.91. The molecule has 13 heteroatoms. The maximum absolute atomic E-state index is 13.4. The summed E-state index contributed by atoms with van der Waals surface area (Å²) in [6, 6.07) is 17.4. The van der Waals surface area contributed by atoms with Gasteiger partial charge in [0.2, 0.25) is 0 Å². The molecule has 1 N–H and O–H groups in total. The number of thioether (sulfide) groups is 1. The quantitative estimate of drug-likeness (QED) is 0.194. The van der Waals surface area contributed by atoms with Crippen LogP contribution in [0.25, 0.3) is 17.2 Å². The highest BCUT2D eigenvalue weighted by atomic mass is 32.2. The van der Waals surface area contributed by atoms with E-state index in [1.165, 1.54) is 53.1 Å². The van der Waals surface area contributed by atoms with Crippen LogP contribution < -0.4 is 9.47 Å². The molecule has 2 aliphatic heterocycles. The van der Waals surface area contributed by atoms with E-state index in [-0.39, 0.29) is 17.2 Å². The number of carboxylic acids is 1. The summed E-state index contributed by atoms with van der Waals surface area (Å²) in [5.41, 5.74) is 3.03. The number of aromatic carboxylic acids is 1. The molecule has 0 radical (unpaired) electrons. The Kier molecular flexibility index (Phi) is 10.4. The summed E-state index contributed by atoms with van der Waals surface area (Å²) < 4.78 is 53.8. The molecule has 2 saturated heterocycles. The van der Waals surface area contributed by atoms with E-state index in [0.717, 1.165) is 18.7 Å². The van der Waals surface area contributed by atoms with Gasteiger partial charge in [0.15, 0.2) is 0 Å². The van der Waals surface area contributed by atoms with Gasteiger partial charge in [0.1, 0.15) is 22.4 Å². The van der Waals surface area contributed by atoms with Crippen LogP contribution in [0.3, 0.4) is 0 Å². The first-order chi connectivity index (χ1) is 21.6. The predicted molar refractivity (Wildman–Crippen MR) is 168 cm³/mol. The van der Waals surface area contributed by atoms with E-state index >= 15 is 0 Å². The molecule has 0 aromatic heterocycles. The number of amides is 1. The Labute approximate surface area is 267 Å². The number of benzene rings is 3. The third-order valence-corrected chi connectivity index (χ3v) is 8.56. The lowest BCUT2D eigenvalue weighted by Gasteiger charge is -2.26. The SMILES string of the molecule is O=C(O)c1ccc(CCN2C(=O)/C(=C/c3cc(-c4ccc(OC(F)(F)F)cc4)ccc3OCCN3CCOCC3)SC2=S)cc1. The summed E-state index contributed by atoms with van der Waals surface area (Å²) in [6.07, 6.45) is -2.58. The molecule has 236 valence electrons. The van der Waals surface area contributed by atoms with E-state index in [4.69, 9.17) is 26.8 Å². The molecule has 3 aromatic rings. The van der Waals surface area contributed by atoms with Crippen LogP contribution in [0.5, 0.6) is 11.5 Å². The number of halogens is 3. The van der Waals surface area contributed by atoms with Crippen LogP contribution in [0.15, 0.2) is 71.6 Å². The number of alkyl halides is 3. The minimum absolute atomic E-state index is 0.183. The number of hydrogen-bond acceptors (Lipinski definition) is 8. The highest BCUT2D eigenvalue weighted by Crippen LogP contribution is 2.36. The highest BCUT2D eigenvalue weighted by molar-refractivity contribution is 8.26. The van der Waals surface area contributed by atoms with Crippen molar-refractivity contribution < 1.29 is 42.1 Å². The van der Waals surface area contributed by atoms with E-state index in [0.29, 0.717) is 71.0 Å². The fraction of sp³-hybridized carbons (Fsp3) is 0.281. The maximum atomic E-state index is 13.4. The van der Waals surface area contributed by atoms with Crippen molar-refractivity contribution in [2.24, 2.45) is 0 Å². The van der Waals surface area contributed by atoms with Crippen LogP contribution in [-0.4, -0.2) is 83.5 Å². The van der Waals surface area contributed by atoms with Crippen LogP contribution in [0.2, 0.25) is 0 Å². The first kappa shape index (κ1) is 32.5. The Morgan fingerprint density at radius 2 is 1.69 bits per heavy atom. The van der Waals surface area contributed by atoms with Crippen molar-refractivity contribution in [3.63, 3.8) is 0 Å². The Morgan fingerprint density at radius 3 is 2.36 bits per heavy atom. The number of ether oxygens (including phenoxy) is 3. The molecule has 0 bridgehead atoms. The molecule has 0 unspecified atom stereocenters. The number of hydrogen-bond donors (Lipinski definition) is 1. The van der Waals surface area contributed by atoms with Crippen molar-refractivity contribution in [3.8, 4) is 22.6 Å². The summed E-state index contributed by atoms with van der Waals surface area (Å²) >= 11 is 6.69. The lowest BCUT2D eigenvalue weighted by molar-refractivity contribution is -0.274. The second-order valence-corrected chi connectivity index (χ2v) is 11.9. The molecule has 1 amide bonds. The van der Waals surface area contributed by atoms with Crippen LogP contribution in [0, 0.1) is 0 Å². The number of morpholine rings is 1. The lowest BCUT2D eigenvalue weighted by atomic mass is 10.0. The second kappa shape index (κ2) is 14.5. The van der Waals surface area contributed by atoms with Gasteiger partial charge in [-0.15, -0.1) is 13.2 Å². The number of thiocarbonyl (C=S) groups is 1. The van der Waals surface area contributed by atoms with E-state index in [2.05, 4.69) is 9.64 Å². The molecule has 45 heavy (non-hydrogen) atoms. The summed E-state index contributed by atoms with van der Waals surface area (Å²) in [5.74, 6) is -1.04. The largest absolute Gasteiger partial charge is 0.573 e. The van der Waals surface area contributed by atoms with Gasteiger partial charge >= 0.3 is 12.3 Å². The molecule has 0 atom stereocenters. The van der Waals surface area contributed by atoms with Crippen molar-refractivity contribution in [1.82, 2.24) is 9.80 Å². The van der Waals surface area contributed by atoms with Crippen LogP contribution in [0.1, 0.15) is 21.5 Å². The molecule has 3 aromatic carbocycles. The molecule has 8 nitrogen and oxygen atoms in total. The Bertz CT molecular complexity index is 1570. The normalized spacial score (nSPS) is 16.8. The third kappa shape index (κ3) is 8.85. The van der Waals surface area contributed by atoms with Crippen molar-refractivity contribution in [2.45, 2.75) is 12.8 Å². The monoisotopic (exact) mass is 658 g/mol. The van der Waals surface area contributed by atoms with Gasteiger partial charge in [-0.3, -0.25) is 14.6 Å². The molecular formula is C32H29F3N2O6S2. The number of nitrogens with zero attached hydrogens (tertiary/aromatic N) is 2. The number of carboxylic acid groups (broad SMARTS) is 1. The molecule has 0 saturated carbocycles. The Morgan fingerprint density at radius 1 is 1.00 bits per heavy atom. The first-order valence-electron chi connectivity index (χ1n) is 14.1. The van der Waals surface area contributed by atoms with Crippen molar-refractivity contribution in [3.05, 3.63) is 88.3 Å². The molecule has 2 aliphatic rings. The zero-order chi connectivity index (χ0) is 32.0. The summed E-state index contributed by atoms with van der Waals surface area (Å²) in [5, 5.41) is 9.12. The molecule has 5 rings (SSSR count). The van der Waals surface area contributed by atoms with Crippen LogP contribution in [-0.2, 0) is 16.0 Å². The molecular weight excluding hydrogens is 629 g/mol. The van der Waals surface area contributed by atoms with Gasteiger partial charge in [-0.2, -0.15) is 0 Å². The van der Waals surface area contributed by atoms with Crippen molar-refractivity contribution >= 4 is 46.3 Å². The van der Waals surface area contributed by atoms with Gasteiger partial charge in [-0.1, -0.05) is 54.3 Å². The minimum atomic E-state index is -4.79. The van der Waals surface area contributed by atoms with Crippen LogP contribution >= 0.6 is 24.0 Å². The van der Waals surface area contributed by atoms with Gasteiger partial charge in [0, 0.05) is 31.7 Å². The fourth-order valence-electron chi connectivity index (χ4n) is 4.82. The molecule has 0 aliphatic carbocycles. The standard InChI is InChI=1S/C32H29F3N2O6S2/c33-32(34,35)43-26-8-5-22(6-9-26)24-7-10-27(42-18-15-36-13-16-41-17-14-36)25(19-24)20-28-29(38)37(31(44)45-28)12-11-21-1-3-23(4-2-21)30(39)40/h1-10,19-20H,11-18H2,(H,39,40)/b28-20-. The average Bonchev–Trinajstić information content (AvgIpc) is 3.28. The summed E-state index contributed by atoms with van der Waals surface area (Å²) in [6.45, 7) is 4.39. The molecule has 0 spiro atoms. The first-order valence-corrected chi connectivity index (χ1v) is 15.3. The smallest absolute Gasteiger partial charge is 0.492 e. The van der Waals surface area contributed by atoms with E-state index in [1.807, 2.05) is 12.1 Å². The van der Waals surface area contributed by atoms with Gasteiger partial charge in [0.25, 0.3) is 5.91 Å². The van der Waals surface area contributed by atoms with Gasteiger partial charge in [0.05, 0.1) is 23.7 Å². The van der Waals surface area contributed by atoms with E-state index < -0.39 is 12.3 Å². The van der Waals surface area contributed by atoms with Crippen LogP contribution in [0.4, 0.5) is 13.2 Å². The summed E-state index contributed by atoms with van der Waals surface area (Å²) in [4.78, 5) is 28.7. The summed E-state index contributed by atoms with van der Waals surface area (Å²) in [7, 11) is 0. The Balaban J connectivity index is 1.35.